The first kappa shape index (κ1) is 21.3. The fraction of sp³-hybridized carbons (Fsp3) is 0.500. The molecule has 0 saturated carbocycles. The molecule has 25 heavy (non-hydrogen) atoms. The van der Waals surface area contributed by atoms with Gasteiger partial charge in [0.1, 0.15) is 5.75 Å². The molecule has 0 aromatic heterocycles. The Morgan fingerprint density at radius 3 is 1.92 bits per heavy atom. The van der Waals surface area contributed by atoms with E-state index in [1.165, 1.54) is 46.2 Å². The van der Waals surface area contributed by atoms with Crippen LogP contribution in [-0.4, -0.2) is 5.11 Å². The van der Waals surface area contributed by atoms with Gasteiger partial charge in [-0.25, -0.2) is 0 Å². The van der Waals surface area contributed by atoms with Crippen molar-refractivity contribution in [3.63, 3.8) is 0 Å². The van der Waals surface area contributed by atoms with Crippen molar-refractivity contribution >= 4 is 0 Å². The SMILES string of the molecule is CCC.CCCc1c(C(CC)c2ccc(O)cc2)cc(C)c(C)c1C. The zero-order valence-electron chi connectivity index (χ0n) is 17.2. The topological polar surface area (TPSA) is 20.2 Å². The largest absolute Gasteiger partial charge is 0.508 e. The Hall–Kier alpha value is -1.76. The summed E-state index contributed by atoms with van der Waals surface area (Å²) in [5, 5.41) is 9.55. The van der Waals surface area contributed by atoms with E-state index in [1.807, 2.05) is 0 Å². The molecule has 0 radical (unpaired) electrons. The minimum absolute atomic E-state index is 0.337. The van der Waals surface area contributed by atoms with Crippen LogP contribution >= 0.6 is 0 Å². The van der Waals surface area contributed by atoms with Crippen LogP contribution in [0, 0.1) is 20.8 Å². The van der Waals surface area contributed by atoms with E-state index >= 15 is 0 Å². The van der Waals surface area contributed by atoms with Crippen molar-refractivity contribution in [2.24, 2.45) is 0 Å². The third-order valence-corrected chi connectivity index (χ3v) is 4.91. The van der Waals surface area contributed by atoms with Gasteiger partial charge in [-0.15, -0.1) is 0 Å². The van der Waals surface area contributed by atoms with Gasteiger partial charge in [0, 0.05) is 5.92 Å². The Kier molecular flexibility index (Phi) is 8.75. The third kappa shape index (κ3) is 5.36. The Morgan fingerprint density at radius 2 is 1.44 bits per heavy atom. The molecule has 0 bridgehead atoms. The van der Waals surface area contributed by atoms with Gasteiger partial charge < -0.3 is 5.11 Å². The highest BCUT2D eigenvalue weighted by molar-refractivity contribution is 5.49. The number of hydrogen-bond donors (Lipinski definition) is 1. The van der Waals surface area contributed by atoms with Crippen LogP contribution < -0.4 is 0 Å². The minimum Gasteiger partial charge on any atom is -0.508 e. The third-order valence-electron chi connectivity index (χ3n) is 4.91. The molecule has 0 fully saturated rings. The quantitative estimate of drug-likeness (QED) is 0.608. The first-order valence-electron chi connectivity index (χ1n) is 9.79. The van der Waals surface area contributed by atoms with Gasteiger partial charge in [0.15, 0.2) is 0 Å². The maximum absolute atomic E-state index is 9.55. The van der Waals surface area contributed by atoms with Crippen LogP contribution in [-0.2, 0) is 6.42 Å². The van der Waals surface area contributed by atoms with Crippen molar-refractivity contribution in [1.29, 1.82) is 0 Å². The summed E-state index contributed by atoms with van der Waals surface area (Å²) in [6.45, 7) is 15.5. The van der Waals surface area contributed by atoms with E-state index < -0.39 is 0 Å². The number of aromatic hydroxyl groups is 1. The predicted octanol–water partition coefficient (Wildman–Crippen LogP) is 7.23. The number of phenols is 1. The molecule has 1 atom stereocenters. The van der Waals surface area contributed by atoms with E-state index in [4.69, 9.17) is 0 Å². The lowest BCUT2D eigenvalue weighted by atomic mass is 9.81. The molecule has 1 unspecified atom stereocenters. The number of rotatable bonds is 5. The van der Waals surface area contributed by atoms with Gasteiger partial charge in [-0.1, -0.05) is 58.7 Å². The average Bonchev–Trinajstić information content (AvgIpc) is 2.59. The van der Waals surface area contributed by atoms with E-state index in [1.54, 1.807) is 12.1 Å². The molecule has 1 N–H and O–H groups in total. The van der Waals surface area contributed by atoms with Crippen LogP contribution in [0.25, 0.3) is 0 Å². The first-order valence-corrected chi connectivity index (χ1v) is 9.79. The number of hydrogen-bond acceptors (Lipinski definition) is 1. The Bertz CT molecular complexity index is 653. The standard InChI is InChI=1S/C21H28O.C3H8/c1-6-8-20-16(5)15(4)14(3)13-21(20)19(7-2)17-9-11-18(22)12-10-17;1-3-2/h9-13,19,22H,6-8H2,1-5H3;3H2,1-2H3. The number of aryl methyl sites for hydroxylation is 1. The zero-order valence-corrected chi connectivity index (χ0v) is 17.2. The molecule has 0 amide bonds. The van der Waals surface area contributed by atoms with Gasteiger partial charge in [-0.05, 0) is 79.1 Å². The molecule has 138 valence electrons. The smallest absolute Gasteiger partial charge is 0.115 e. The summed E-state index contributed by atoms with van der Waals surface area (Å²) in [4.78, 5) is 0. The molecule has 2 rings (SSSR count). The van der Waals surface area contributed by atoms with Crippen molar-refractivity contribution in [1.82, 2.24) is 0 Å². The van der Waals surface area contributed by atoms with Crippen LogP contribution in [0.2, 0.25) is 0 Å². The second kappa shape index (κ2) is 10.3. The zero-order chi connectivity index (χ0) is 19.0. The van der Waals surface area contributed by atoms with Gasteiger partial charge in [0.25, 0.3) is 0 Å². The van der Waals surface area contributed by atoms with Gasteiger partial charge in [-0.3, -0.25) is 0 Å². The molecular formula is C24H36O. The number of phenolic OH excluding ortho intramolecular Hbond substituents is 1. The second-order valence-corrected chi connectivity index (χ2v) is 7.02. The molecule has 0 aliphatic rings. The molecule has 2 aromatic carbocycles. The van der Waals surface area contributed by atoms with Crippen LogP contribution in [0.5, 0.6) is 5.75 Å². The summed E-state index contributed by atoms with van der Waals surface area (Å²) in [7, 11) is 0. The first-order chi connectivity index (χ1) is 11.9. The fourth-order valence-electron chi connectivity index (χ4n) is 3.40. The Morgan fingerprint density at radius 1 is 0.880 bits per heavy atom. The lowest BCUT2D eigenvalue weighted by Gasteiger charge is -2.24. The molecule has 0 aliphatic carbocycles. The second-order valence-electron chi connectivity index (χ2n) is 7.02. The highest BCUT2D eigenvalue weighted by atomic mass is 16.3. The normalized spacial score (nSPS) is 11.6. The van der Waals surface area contributed by atoms with Crippen LogP contribution in [0.15, 0.2) is 30.3 Å². The monoisotopic (exact) mass is 340 g/mol. The predicted molar refractivity (Wildman–Crippen MR) is 111 cm³/mol. The van der Waals surface area contributed by atoms with Gasteiger partial charge in [0.2, 0.25) is 0 Å². The average molecular weight is 341 g/mol. The number of benzene rings is 2. The molecule has 0 heterocycles. The van der Waals surface area contributed by atoms with Crippen LogP contribution in [0.4, 0.5) is 0 Å². The minimum atomic E-state index is 0.337. The van der Waals surface area contributed by atoms with E-state index in [0.717, 1.165) is 12.8 Å². The summed E-state index contributed by atoms with van der Waals surface area (Å²) in [6.07, 6.45) is 4.63. The van der Waals surface area contributed by atoms with E-state index in [9.17, 15) is 5.11 Å². The summed E-state index contributed by atoms with van der Waals surface area (Å²) in [6, 6.07) is 10.1. The molecule has 0 spiro atoms. The summed E-state index contributed by atoms with van der Waals surface area (Å²) >= 11 is 0. The van der Waals surface area contributed by atoms with Crippen molar-refractivity contribution in [3.8, 4) is 5.75 Å². The molecular weight excluding hydrogens is 304 g/mol. The van der Waals surface area contributed by atoms with Gasteiger partial charge >= 0.3 is 0 Å². The maximum Gasteiger partial charge on any atom is 0.115 e. The van der Waals surface area contributed by atoms with Crippen molar-refractivity contribution in [2.45, 2.75) is 80.1 Å². The lowest BCUT2D eigenvalue weighted by molar-refractivity contribution is 0.475. The maximum atomic E-state index is 9.55. The highest BCUT2D eigenvalue weighted by Crippen LogP contribution is 2.35. The lowest BCUT2D eigenvalue weighted by Crippen LogP contribution is -2.08. The molecule has 2 aromatic rings. The van der Waals surface area contributed by atoms with Crippen LogP contribution in [0.3, 0.4) is 0 Å². The van der Waals surface area contributed by atoms with E-state index in [2.05, 4.69) is 66.7 Å². The Labute approximate surface area is 155 Å². The summed E-state index contributed by atoms with van der Waals surface area (Å²) < 4.78 is 0. The van der Waals surface area contributed by atoms with Gasteiger partial charge in [-0.2, -0.15) is 0 Å². The summed E-state index contributed by atoms with van der Waals surface area (Å²) in [5.41, 5.74) is 8.54. The van der Waals surface area contributed by atoms with Gasteiger partial charge in [0.05, 0.1) is 0 Å². The van der Waals surface area contributed by atoms with Crippen molar-refractivity contribution < 1.29 is 5.11 Å². The van der Waals surface area contributed by atoms with Crippen molar-refractivity contribution in [2.75, 3.05) is 0 Å². The molecule has 0 saturated heterocycles. The van der Waals surface area contributed by atoms with Crippen molar-refractivity contribution in [3.05, 3.63) is 63.7 Å². The van der Waals surface area contributed by atoms with E-state index in [0.29, 0.717) is 11.7 Å². The Balaban J connectivity index is 0.000000970. The van der Waals surface area contributed by atoms with Crippen LogP contribution in [0.1, 0.15) is 86.3 Å². The molecule has 0 aliphatic heterocycles. The molecule has 1 heteroatoms. The highest BCUT2D eigenvalue weighted by Gasteiger charge is 2.19. The summed E-state index contributed by atoms with van der Waals surface area (Å²) in [5.74, 6) is 0.740. The fourth-order valence-corrected chi connectivity index (χ4v) is 3.40. The molecule has 1 nitrogen and oxygen atoms in total. The van der Waals surface area contributed by atoms with E-state index in [-0.39, 0.29) is 0 Å².